The molecule has 0 amide bonds. The van der Waals surface area contributed by atoms with E-state index in [4.69, 9.17) is 139 Å². The molecular weight excluding hydrogens is 666 g/mol. The normalized spacial score (nSPS) is 64.1. The van der Waals surface area contributed by atoms with Crippen molar-refractivity contribution >= 4 is 139 Å². The summed E-state index contributed by atoms with van der Waals surface area (Å²) in [6, 6.07) is 0. The van der Waals surface area contributed by atoms with Crippen LogP contribution in [-0.4, -0.2) is 28.2 Å². The molecule has 0 N–H and O–H groups in total. The van der Waals surface area contributed by atoms with Crippen molar-refractivity contribution in [3.8, 4) is 0 Å². The van der Waals surface area contributed by atoms with Gasteiger partial charge in [0.05, 0.1) is 20.1 Å². The van der Waals surface area contributed by atoms with E-state index < -0.39 is 28.2 Å². The highest BCUT2D eigenvalue weighted by Gasteiger charge is 2.91. The van der Waals surface area contributed by atoms with Crippen molar-refractivity contribution in [1.29, 1.82) is 0 Å². The molecule has 12 atom stereocenters. The maximum atomic E-state index is 7.23. The van der Waals surface area contributed by atoms with Gasteiger partial charge in [-0.25, -0.2) is 0 Å². The van der Waals surface area contributed by atoms with Gasteiger partial charge in [0.25, 0.3) is 0 Å². The second-order valence-electron chi connectivity index (χ2n) is 10.5. The lowest BCUT2D eigenvalue weighted by atomic mass is 9.62. The van der Waals surface area contributed by atoms with Gasteiger partial charge in [0.2, 0.25) is 0 Å². The molecule has 5 fully saturated rings. The van der Waals surface area contributed by atoms with E-state index in [-0.39, 0.29) is 67.5 Å². The number of halogens is 12. The van der Waals surface area contributed by atoms with Crippen molar-refractivity contribution in [2.45, 2.75) is 41.0 Å². The van der Waals surface area contributed by atoms with E-state index >= 15 is 0 Å². The van der Waals surface area contributed by atoms with Gasteiger partial charge in [0.15, 0.2) is 8.67 Å². The number of hydrogen-bond acceptors (Lipinski definition) is 0. The van der Waals surface area contributed by atoms with E-state index in [1.165, 1.54) is 0 Å². The Balaban J connectivity index is 1.41. The Hall–Kier alpha value is 2.96. The second kappa shape index (κ2) is 6.23. The summed E-state index contributed by atoms with van der Waals surface area (Å²) in [5.74, 6) is -0.0294. The molecule has 6 bridgehead atoms. The molecule has 0 spiro atoms. The minimum Gasteiger partial charge on any atom is -0.109 e. The molecule has 0 aromatic heterocycles. The molecule has 0 unspecified atom stereocenters. The Morgan fingerprint density at radius 1 is 0.469 bits per heavy atom. The monoisotopic (exact) mass is 672 g/mol. The van der Waals surface area contributed by atoms with E-state index in [1.54, 1.807) is 0 Å². The summed E-state index contributed by atoms with van der Waals surface area (Å²) in [6.45, 7) is 0. The van der Waals surface area contributed by atoms with Crippen LogP contribution in [0, 0.1) is 47.3 Å². The fraction of sp³-hybridized carbons (Fsp3) is 0.800. The van der Waals surface area contributed by atoms with E-state index in [9.17, 15) is 0 Å². The number of rotatable bonds is 0. The second-order valence-corrected chi connectivity index (χ2v) is 17.0. The fourth-order valence-electron chi connectivity index (χ4n) is 9.37. The van der Waals surface area contributed by atoms with Crippen LogP contribution in [0.15, 0.2) is 20.1 Å². The molecule has 0 heterocycles. The topological polar surface area (TPSA) is 0 Å². The SMILES string of the molecule is ClC1=C(Cl)[C@]2(Cl)[C@@H]3[C@@H]4C[C@@H]([C@@H]5C[C@@H]6[C@H]([C@H]45)[C@]4(Cl)C(Cl)=C(Cl)[C@@]6(Cl)C4(Cl)Cl)[C@@H]3[C@@]1(Cl)C2(Cl)Cl. The van der Waals surface area contributed by atoms with Crippen LogP contribution < -0.4 is 0 Å². The molecule has 0 radical (unpaired) electrons. The number of hydrogen-bond donors (Lipinski definition) is 0. The smallest absolute Gasteiger partial charge is 0.109 e. The zero-order valence-electron chi connectivity index (χ0n) is 15.6. The summed E-state index contributed by atoms with van der Waals surface area (Å²) >= 11 is 82.8. The quantitative estimate of drug-likeness (QED) is 0.177. The van der Waals surface area contributed by atoms with Crippen LogP contribution >= 0.6 is 139 Å². The molecular formula is C20H12Cl12. The van der Waals surface area contributed by atoms with Crippen LogP contribution in [0.1, 0.15) is 12.8 Å². The van der Waals surface area contributed by atoms with E-state index in [2.05, 4.69) is 0 Å². The third-order valence-electron chi connectivity index (χ3n) is 10.1. The molecule has 7 aliphatic carbocycles. The maximum absolute atomic E-state index is 7.23. The molecule has 32 heavy (non-hydrogen) atoms. The lowest BCUT2D eigenvalue weighted by molar-refractivity contribution is 0.0869. The van der Waals surface area contributed by atoms with Crippen LogP contribution in [0.3, 0.4) is 0 Å². The summed E-state index contributed by atoms with van der Waals surface area (Å²) in [6.07, 6.45) is 1.64. The Bertz CT molecular complexity index is 1080. The van der Waals surface area contributed by atoms with E-state index in [1.807, 2.05) is 0 Å². The van der Waals surface area contributed by atoms with Gasteiger partial charge in [-0.3, -0.25) is 0 Å². The average molecular weight is 678 g/mol. The van der Waals surface area contributed by atoms with Crippen LogP contribution in [-0.2, 0) is 0 Å². The highest BCUT2D eigenvalue weighted by Crippen LogP contribution is 2.89. The lowest BCUT2D eigenvalue weighted by Crippen LogP contribution is -2.51. The van der Waals surface area contributed by atoms with Crippen LogP contribution in [0.5, 0.6) is 0 Å². The molecule has 7 aliphatic rings. The first kappa shape index (κ1) is 24.0. The summed E-state index contributed by atoms with van der Waals surface area (Å²) in [5, 5.41) is 0.952. The van der Waals surface area contributed by atoms with Gasteiger partial charge in [-0.2, -0.15) is 0 Å². The van der Waals surface area contributed by atoms with Gasteiger partial charge >= 0.3 is 0 Å². The largest absolute Gasteiger partial charge is 0.166 e. The van der Waals surface area contributed by atoms with Gasteiger partial charge in [-0.05, 0) is 60.2 Å². The summed E-state index contributed by atoms with van der Waals surface area (Å²) in [5.41, 5.74) is 0. The van der Waals surface area contributed by atoms with Gasteiger partial charge in [-0.1, -0.05) is 92.8 Å². The molecule has 176 valence electrons. The van der Waals surface area contributed by atoms with Crippen molar-refractivity contribution in [2.75, 3.05) is 0 Å². The van der Waals surface area contributed by atoms with Gasteiger partial charge in [-0.15, -0.1) is 46.4 Å². The molecule has 0 aromatic carbocycles. The van der Waals surface area contributed by atoms with Crippen LogP contribution in [0.2, 0.25) is 0 Å². The average Bonchev–Trinajstić information content (AvgIpc) is 3.48. The molecule has 0 aliphatic heterocycles. The molecule has 12 heteroatoms. The third kappa shape index (κ3) is 1.85. The minimum absolute atomic E-state index is 0.0844. The van der Waals surface area contributed by atoms with Crippen molar-refractivity contribution in [3.63, 3.8) is 0 Å². The molecule has 0 aromatic rings. The maximum Gasteiger partial charge on any atom is 0.166 e. The first-order chi connectivity index (χ1) is 14.6. The zero-order chi connectivity index (χ0) is 23.3. The molecule has 5 saturated carbocycles. The number of alkyl halides is 8. The van der Waals surface area contributed by atoms with E-state index in [0.717, 1.165) is 12.8 Å². The summed E-state index contributed by atoms with van der Waals surface area (Å²) in [4.78, 5) is -5.11. The Morgan fingerprint density at radius 2 is 0.875 bits per heavy atom. The number of fused-ring (bicyclic) bond motifs is 18. The predicted octanol–water partition coefficient (Wildman–Crippen LogP) is 9.43. The standard InChI is InChI=1S/C20H12Cl12/c21-11-12(22)18(28)10-6(15(11,25)19(18,29)30)2-3-4-1-5(7(3)10)9-8(4)16(26)13(23)14(24)17(9,27)20(16,31)32/h3-10H,1-2H2/t3-,4-,5+,6+,7-,8-,9+,10+,15+,16-,17+,18-/m0/s1. The fourth-order valence-corrected chi connectivity index (χ4v) is 15.6. The van der Waals surface area contributed by atoms with Gasteiger partial charge in [0.1, 0.15) is 19.5 Å². The summed E-state index contributed by atoms with van der Waals surface area (Å²) < 4.78 is -3.10. The first-order valence-corrected chi connectivity index (χ1v) is 14.8. The van der Waals surface area contributed by atoms with Crippen molar-refractivity contribution in [2.24, 2.45) is 47.3 Å². The Morgan fingerprint density at radius 3 is 1.41 bits per heavy atom. The highest BCUT2D eigenvalue weighted by molar-refractivity contribution is 6.67. The van der Waals surface area contributed by atoms with Gasteiger partial charge in [0, 0.05) is 0 Å². The Kier molecular flexibility index (Phi) is 4.68. The van der Waals surface area contributed by atoms with Crippen LogP contribution in [0.4, 0.5) is 0 Å². The van der Waals surface area contributed by atoms with Crippen molar-refractivity contribution < 1.29 is 0 Å². The van der Waals surface area contributed by atoms with Crippen molar-refractivity contribution in [1.82, 2.24) is 0 Å². The zero-order valence-corrected chi connectivity index (χ0v) is 24.6. The first-order valence-electron chi connectivity index (χ1n) is 10.2. The molecule has 7 rings (SSSR count). The number of allylic oxidation sites excluding steroid dienone is 4. The predicted molar refractivity (Wildman–Crippen MR) is 138 cm³/mol. The van der Waals surface area contributed by atoms with Gasteiger partial charge < -0.3 is 0 Å². The molecule has 0 nitrogen and oxygen atoms in total. The summed E-state index contributed by atoms with van der Waals surface area (Å²) in [7, 11) is 0. The highest BCUT2D eigenvalue weighted by atomic mass is 35.5. The Labute approximate surface area is 245 Å². The van der Waals surface area contributed by atoms with E-state index in [0.29, 0.717) is 0 Å². The van der Waals surface area contributed by atoms with Crippen LogP contribution in [0.25, 0.3) is 0 Å². The molecule has 0 saturated heterocycles. The lowest BCUT2D eigenvalue weighted by Gasteiger charge is -2.47. The minimum atomic E-state index is -1.55. The third-order valence-corrected chi connectivity index (χ3v) is 18.8. The van der Waals surface area contributed by atoms with Crippen molar-refractivity contribution in [3.05, 3.63) is 20.1 Å².